The third-order valence-corrected chi connectivity index (χ3v) is 3.39. The molecule has 2 aromatic rings. The van der Waals surface area contributed by atoms with Gasteiger partial charge in [0.2, 0.25) is 0 Å². The fourth-order valence-electron chi connectivity index (χ4n) is 2.31. The first-order chi connectivity index (χ1) is 8.76. The van der Waals surface area contributed by atoms with Gasteiger partial charge >= 0.3 is 0 Å². The number of nitrogens with one attached hydrogen (secondary N) is 1. The molecule has 0 unspecified atom stereocenters. The minimum absolute atomic E-state index is 0.0826. The predicted molar refractivity (Wildman–Crippen MR) is 75.8 cm³/mol. The van der Waals surface area contributed by atoms with Crippen LogP contribution in [-0.2, 0) is 11.2 Å². The molecule has 0 radical (unpaired) electrons. The Kier molecular flexibility index (Phi) is 4.11. The van der Waals surface area contributed by atoms with Crippen LogP contribution >= 0.6 is 0 Å². The minimum Gasteiger partial charge on any atom is -0.310 e. The molecule has 2 heteroatoms. The van der Waals surface area contributed by atoms with E-state index in [1.165, 1.54) is 16.3 Å². The van der Waals surface area contributed by atoms with E-state index in [4.69, 9.17) is 0 Å². The summed E-state index contributed by atoms with van der Waals surface area (Å²) in [5, 5.41) is 5.59. The van der Waals surface area contributed by atoms with Gasteiger partial charge in [-0.2, -0.15) is 0 Å². The maximum absolute atomic E-state index is 11.8. The lowest BCUT2D eigenvalue weighted by Crippen LogP contribution is -2.35. The zero-order chi connectivity index (χ0) is 13.0. The van der Waals surface area contributed by atoms with Gasteiger partial charge in [-0.05, 0) is 29.8 Å². The van der Waals surface area contributed by atoms with Gasteiger partial charge in [-0.3, -0.25) is 4.79 Å². The maximum atomic E-state index is 11.8. The Balaban J connectivity index is 2.33. The van der Waals surface area contributed by atoms with E-state index in [0.29, 0.717) is 6.42 Å². The van der Waals surface area contributed by atoms with Crippen LogP contribution in [0.25, 0.3) is 10.8 Å². The molecule has 1 N–H and O–H groups in total. The molecule has 2 nitrogen and oxygen atoms in total. The van der Waals surface area contributed by atoms with Crippen LogP contribution in [0.4, 0.5) is 0 Å². The van der Waals surface area contributed by atoms with E-state index in [1.807, 2.05) is 26.1 Å². The summed E-state index contributed by atoms with van der Waals surface area (Å²) in [5.41, 5.74) is 1.23. The van der Waals surface area contributed by atoms with Gasteiger partial charge in [0.1, 0.15) is 5.78 Å². The second-order valence-electron chi connectivity index (χ2n) is 4.50. The van der Waals surface area contributed by atoms with Crippen molar-refractivity contribution < 1.29 is 4.79 Å². The highest BCUT2D eigenvalue weighted by Crippen LogP contribution is 2.20. The monoisotopic (exact) mass is 241 g/mol. The number of hydrogen-bond donors (Lipinski definition) is 1. The van der Waals surface area contributed by atoms with Gasteiger partial charge in [-0.1, -0.05) is 49.4 Å². The lowest BCUT2D eigenvalue weighted by atomic mass is 9.96. The first-order valence-electron chi connectivity index (χ1n) is 6.43. The highest BCUT2D eigenvalue weighted by molar-refractivity contribution is 5.88. The molecule has 0 fully saturated rings. The molecular weight excluding hydrogens is 222 g/mol. The molecule has 2 rings (SSSR count). The van der Waals surface area contributed by atoms with E-state index in [9.17, 15) is 4.79 Å². The van der Waals surface area contributed by atoms with Crippen molar-refractivity contribution in [2.24, 2.45) is 0 Å². The van der Waals surface area contributed by atoms with Crippen molar-refractivity contribution in [3.8, 4) is 0 Å². The average Bonchev–Trinajstić information content (AvgIpc) is 2.44. The van der Waals surface area contributed by atoms with Crippen molar-refractivity contribution in [3.05, 3.63) is 48.0 Å². The molecule has 1 atom stereocenters. The summed E-state index contributed by atoms with van der Waals surface area (Å²) >= 11 is 0. The lowest BCUT2D eigenvalue weighted by molar-refractivity contribution is -0.120. The topological polar surface area (TPSA) is 29.1 Å². The summed E-state index contributed by atoms with van der Waals surface area (Å²) in [7, 11) is 1.85. The fraction of sp³-hybridized carbons (Fsp3) is 0.312. The normalized spacial score (nSPS) is 12.6. The van der Waals surface area contributed by atoms with Crippen molar-refractivity contribution in [2.75, 3.05) is 7.05 Å². The number of carbonyl (C=O) groups is 1. The van der Waals surface area contributed by atoms with Gasteiger partial charge in [-0.15, -0.1) is 0 Å². The number of Topliss-reactive ketones (excluding diaryl/α,β-unsaturated/α-hetero) is 1. The van der Waals surface area contributed by atoms with Crippen LogP contribution in [0.1, 0.15) is 18.9 Å². The van der Waals surface area contributed by atoms with Crippen LogP contribution in [0, 0.1) is 0 Å². The van der Waals surface area contributed by atoms with Crippen molar-refractivity contribution in [2.45, 2.75) is 25.8 Å². The van der Waals surface area contributed by atoms with Gasteiger partial charge < -0.3 is 5.32 Å². The minimum atomic E-state index is -0.0826. The summed E-state index contributed by atoms with van der Waals surface area (Å²) < 4.78 is 0. The Hall–Kier alpha value is -1.67. The second-order valence-corrected chi connectivity index (χ2v) is 4.50. The molecule has 0 aliphatic heterocycles. The van der Waals surface area contributed by atoms with Crippen LogP contribution in [-0.4, -0.2) is 18.9 Å². The van der Waals surface area contributed by atoms with Gasteiger partial charge in [0.25, 0.3) is 0 Å². The predicted octanol–water partition coefficient (Wildman–Crippen LogP) is 2.95. The smallest absolute Gasteiger partial charge is 0.149 e. The highest BCUT2D eigenvalue weighted by Gasteiger charge is 2.15. The first-order valence-corrected chi connectivity index (χ1v) is 6.43. The molecule has 0 aromatic heterocycles. The fourth-order valence-corrected chi connectivity index (χ4v) is 2.31. The molecule has 0 bridgehead atoms. The van der Waals surface area contributed by atoms with Crippen LogP contribution in [0.2, 0.25) is 0 Å². The van der Waals surface area contributed by atoms with Gasteiger partial charge in [0.05, 0.1) is 6.04 Å². The Morgan fingerprint density at radius 1 is 1.17 bits per heavy atom. The van der Waals surface area contributed by atoms with Crippen molar-refractivity contribution in [3.63, 3.8) is 0 Å². The number of benzene rings is 2. The number of carbonyl (C=O) groups excluding carboxylic acids is 1. The molecule has 2 aromatic carbocycles. The Labute approximate surface area is 108 Å². The largest absolute Gasteiger partial charge is 0.310 e. The quantitative estimate of drug-likeness (QED) is 0.872. The van der Waals surface area contributed by atoms with E-state index in [2.05, 4.69) is 35.6 Å². The van der Waals surface area contributed by atoms with Crippen LogP contribution in [0.3, 0.4) is 0 Å². The molecule has 0 spiro atoms. The van der Waals surface area contributed by atoms with Gasteiger partial charge in [0, 0.05) is 6.42 Å². The number of likely N-dealkylation sites (N-methyl/N-ethyl adjacent to an activating group) is 1. The molecule has 0 aliphatic carbocycles. The molecule has 0 saturated heterocycles. The van der Waals surface area contributed by atoms with E-state index in [0.717, 1.165) is 6.42 Å². The molecule has 0 heterocycles. The zero-order valence-electron chi connectivity index (χ0n) is 10.9. The summed E-state index contributed by atoms with van der Waals surface area (Å²) in [6.07, 6.45) is 1.33. The summed E-state index contributed by atoms with van der Waals surface area (Å²) in [6, 6.07) is 14.5. The molecule has 0 aliphatic rings. The zero-order valence-corrected chi connectivity index (χ0v) is 10.9. The van der Waals surface area contributed by atoms with E-state index < -0.39 is 0 Å². The van der Waals surface area contributed by atoms with E-state index in [1.54, 1.807) is 0 Å². The maximum Gasteiger partial charge on any atom is 0.149 e. The van der Waals surface area contributed by atoms with E-state index >= 15 is 0 Å². The van der Waals surface area contributed by atoms with Crippen LogP contribution in [0.15, 0.2) is 42.5 Å². The summed E-state index contributed by atoms with van der Waals surface area (Å²) in [4.78, 5) is 11.8. The summed E-state index contributed by atoms with van der Waals surface area (Å²) in [5.74, 6) is 0.269. The second kappa shape index (κ2) is 5.78. The number of hydrogen-bond acceptors (Lipinski definition) is 2. The first kappa shape index (κ1) is 12.8. The highest BCUT2D eigenvalue weighted by atomic mass is 16.1. The Morgan fingerprint density at radius 3 is 2.61 bits per heavy atom. The number of rotatable bonds is 5. The molecule has 0 amide bonds. The van der Waals surface area contributed by atoms with Crippen molar-refractivity contribution >= 4 is 16.6 Å². The standard InChI is InChI=1S/C16H19NO/c1-3-16(18)15(17-2)11-13-9-6-8-12-7-4-5-10-14(12)13/h4-10,15,17H,3,11H2,1-2H3/t15-/m1/s1. The summed E-state index contributed by atoms with van der Waals surface area (Å²) in [6.45, 7) is 1.91. The van der Waals surface area contributed by atoms with Crippen LogP contribution in [0.5, 0.6) is 0 Å². The molecule has 94 valence electrons. The van der Waals surface area contributed by atoms with E-state index in [-0.39, 0.29) is 11.8 Å². The number of fused-ring (bicyclic) bond motifs is 1. The molecular formula is C16H19NO. The average molecular weight is 241 g/mol. The lowest BCUT2D eigenvalue weighted by Gasteiger charge is -2.15. The number of ketones is 1. The van der Waals surface area contributed by atoms with Crippen molar-refractivity contribution in [1.29, 1.82) is 0 Å². The van der Waals surface area contributed by atoms with Gasteiger partial charge in [0.15, 0.2) is 0 Å². The van der Waals surface area contributed by atoms with Gasteiger partial charge in [-0.25, -0.2) is 0 Å². The Bertz CT molecular complexity index is 542. The van der Waals surface area contributed by atoms with Crippen LogP contribution < -0.4 is 5.32 Å². The van der Waals surface area contributed by atoms with Crippen molar-refractivity contribution in [1.82, 2.24) is 5.32 Å². The molecule has 0 saturated carbocycles. The third kappa shape index (κ3) is 2.59. The molecule has 18 heavy (non-hydrogen) atoms. The Morgan fingerprint density at radius 2 is 1.89 bits per heavy atom. The SMILES string of the molecule is CCC(=O)[C@@H](Cc1cccc2ccccc12)NC. The third-order valence-electron chi connectivity index (χ3n) is 3.39.